The third-order valence-corrected chi connectivity index (χ3v) is 7.55. The third kappa shape index (κ3) is 3.28. The van der Waals surface area contributed by atoms with Crippen LogP contribution in [0, 0.1) is 0 Å². The van der Waals surface area contributed by atoms with E-state index in [1.54, 1.807) is 47.4 Å². The Hall–Kier alpha value is -1.02. The Bertz CT molecular complexity index is 796. The summed E-state index contributed by atoms with van der Waals surface area (Å²) < 4.78 is 33.4. The van der Waals surface area contributed by atoms with Crippen molar-refractivity contribution in [3.8, 4) is 5.75 Å². The van der Waals surface area contributed by atoms with Gasteiger partial charge in [-0.25, -0.2) is 8.42 Å². The number of halogens is 1. The highest BCUT2D eigenvalue weighted by atomic mass is 79.9. The van der Waals surface area contributed by atoms with Crippen molar-refractivity contribution in [1.82, 2.24) is 4.31 Å². The van der Waals surface area contributed by atoms with E-state index in [0.717, 1.165) is 21.5 Å². The fraction of sp³-hybridized carbons (Fsp3) is 0.250. The van der Waals surface area contributed by atoms with E-state index in [1.807, 2.05) is 24.3 Å². The molecule has 4 nitrogen and oxygen atoms in total. The van der Waals surface area contributed by atoms with Gasteiger partial charge in [0.15, 0.2) is 0 Å². The zero-order chi connectivity index (χ0) is 16.4. The predicted octanol–water partition coefficient (Wildman–Crippen LogP) is 3.89. The smallest absolute Gasteiger partial charge is 0.244 e. The normalized spacial score (nSPS) is 19.0. The first kappa shape index (κ1) is 16.8. The largest absolute Gasteiger partial charge is 0.496 e. The van der Waals surface area contributed by atoms with E-state index >= 15 is 0 Å². The van der Waals surface area contributed by atoms with Crippen LogP contribution in [0.1, 0.15) is 10.9 Å². The molecule has 0 unspecified atom stereocenters. The van der Waals surface area contributed by atoms with Gasteiger partial charge in [-0.3, -0.25) is 0 Å². The average Bonchev–Trinajstić information content (AvgIpc) is 3.06. The molecule has 0 N–H and O–H groups in total. The first-order chi connectivity index (χ1) is 11.0. The third-order valence-electron chi connectivity index (χ3n) is 3.66. The van der Waals surface area contributed by atoms with Crippen LogP contribution in [0.4, 0.5) is 0 Å². The van der Waals surface area contributed by atoms with Crippen LogP contribution in [0.15, 0.2) is 57.9 Å². The molecule has 2 aromatic rings. The quantitative estimate of drug-likeness (QED) is 0.762. The summed E-state index contributed by atoms with van der Waals surface area (Å²) in [6, 6.07) is 14.3. The highest BCUT2D eigenvalue weighted by Gasteiger charge is 2.36. The second kappa shape index (κ2) is 6.84. The van der Waals surface area contributed by atoms with Gasteiger partial charge in [0.05, 0.1) is 21.9 Å². The minimum atomic E-state index is -3.50. The number of hydrogen-bond donors (Lipinski definition) is 0. The molecule has 1 saturated heterocycles. The zero-order valence-corrected chi connectivity index (χ0v) is 15.7. The number of thioether (sulfide) groups is 1. The molecule has 1 heterocycles. The molecule has 0 bridgehead atoms. The summed E-state index contributed by atoms with van der Waals surface area (Å²) in [7, 11) is -1.89. The van der Waals surface area contributed by atoms with Gasteiger partial charge in [-0.15, -0.1) is 11.8 Å². The zero-order valence-electron chi connectivity index (χ0n) is 12.5. The average molecular weight is 414 g/mol. The molecule has 0 amide bonds. The summed E-state index contributed by atoms with van der Waals surface area (Å²) in [4.78, 5) is 0.333. The van der Waals surface area contributed by atoms with Gasteiger partial charge >= 0.3 is 0 Å². The van der Waals surface area contributed by atoms with Crippen molar-refractivity contribution in [3.05, 3.63) is 58.6 Å². The fourth-order valence-corrected chi connectivity index (χ4v) is 6.34. The minimum Gasteiger partial charge on any atom is -0.496 e. The van der Waals surface area contributed by atoms with Crippen molar-refractivity contribution in [2.24, 2.45) is 0 Å². The van der Waals surface area contributed by atoms with Gasteiger partial charge in [0.1, 0.15) is 5.75 Å². The second-order valence-corrected chi connectivity index (χ2v) is 8.98. The summed E-state index contributed by atoms with van der Waals surface area (Å²) in [6.45, 7) is 0.510. The molecule has 122 valence electrons. The number of nitrogens with zero attached hydrogens (tertiary/aromatic N) is 1. The van der Waals surface area contributed by atoms with Gasteiger partial charge in [-0.1, -0.05) is 24.3 Å². The molecule has 23 heavy (non-hydrogen) atoms. The molecule has 1 fully saturated rings. The lowest BCUT2D eigenvalue weighted by molar-refractivity contribution is 0.410. The van der Waals surface area contributed by atoms with E-state index in [9.17, 15) is 8.42 Å². The number of rotatable bonds is 4. The molecule has 0 aliphatic carbocycles. The molecular weight excluding hydrogens is 398 g/mol. The Labute approximate surface area is 149 Å². The summed E-state index contributed by atoms with van der Waals surface area (Å²) in [5, 5.41) is -0.220. The van der Waals surface area contributed by atoms with Crippen molar-refractivity contribution >= 4 is 37.7 Å². The van der Waals surface area contributed by atoms with Gasteiger partial charge in [0.2, 0.25) is 10.0 Å². The monoisotopic (exact) mass is 413 g/mol. The summed E-state index contributed by atoms with van der Waals surface area (Å²) >= 11 is 5.10. The molecule has 3 rings (SSSR count). The molecule has 0 spiro atoms. The van der Waals surface area contributed by atoms with Crippen LogP contribution in [0.25, 0.3) is 0 Å². The maximum absolute atomic E-state index is 12.9. The summed E-state index contributed by atoms with van der Waals surface area (Å²) in [6.07, 6.45) is 0. The van der Waals surface area contributed by atoms with E-state index in [2.05, 4.69) is 15.9 Å². The summed E-state index contributed by atoms with van der Waals surface area (Å²) in [5.74, 6) is 1.51. The highest BCUT2D eigenvalue weighted by molar-refractivity contribution is 9.10. The number of sulfonamides is 1. The van der Waals surface area contributed by atoms with Crippen molar-refractivity contribution in [3.63, 3.8) is 0 Å². The van der Waals surface area contributed by atoms with Crippen LogP contribution in [0.5, 0.6) is 5.75 Å². The molecule has 2 aromatic carbocycles. The van der Waals surface area contributed by atoms with Crippen molar-refractivity contribution in [2.75, 3.05) is 19.4 Å². The van der Waals surface area contributed by atoms with Crippen LogP contribution in [0.3, 0.4) is 0 Å². The maximum atomic E-state index is 12.9. The number of hydrogen-bond acceptors (Lipinski definition) is 4. The van der Waals surface area contributed by atoms with Crippen LogP contribution >= 0.6 is 27.7 Å². The van der Waals surface area contributed by atoms with E-state index in [-0.39, 0.29) is 5.37 Å². The Morgan fingerprint density at radius 2 is 1.96 bits per heavy atom. The van der Waals surface area contributed by atoms with Crippen molar-refractivity contribution in [1.29, 1.82) is 0 Å². The lowest BCUT2D eigenvalue weighted by atomic mass is 10.2. The Morgan fingerprint density at radius 1 is 1.22 bits per heavy atom. The first-order valence-electron chi connectivity index (χ1n) is 7.06. The Balaban J connectivity index is 1.96. The predicted molar refractivity (Wildman–Crippen MR) is 96.2 cm³/mol. The fourth-order valence-electron chi connectivity index (χ4n) is 2.53. The second-order valence-electron chi connectivity index (χ2n) is 5.05. The highest BCUT2D eigenvalue weighted by Crippen LogP contribution is 2.43. The molecule has 0 radical (unpaired) electrons. The van der Waals surface area contributed by atoms with E-state index < -0.39 is 10.0 Å². The van der Waals surface area contributed by atoms with Crippen LogP contribution < -0.4 is 4.74 Å². The van der Waals surface area contributed by atoms with E-state index in [4.69, 9.17) is 4.74 Å². The summed E-state index contributed by atoms with van der Waals surface area (Å²) in [5.41, 5.74) is 0.944. The van der Waals surface area contributed by atoms with Gasteiger partial charge < -0.3 is 4.74 Å². The van der Waals surface area contributed by atoms with E-state index in [1.165, 1.54) is 0 Å². The molecule has 0 aromatic heterocycles. The molecule has 7 heteroatoms. The van der Waals surface area contributed by atoms with Crippen molar-refractivity contribution < 1.29 is 13.2 Å². The van der Waals surface area contributed by atoms with Crippen molar-refractivity contribution in [2.45, 2.75) is 10.3 Å². The van der Waals surface area contributed by atoms with Crippen LogP contribution in [-0.2, 0) is 10.0 Å². The molecule has 1 aliphatic heterocycles. The molecule has 1 atom stereocenters. The van der Waals surface area contributed by atoms with Gasteiger partial charge in [-0.2, -0.15) is 4.31 Å². The van der Waals surface area contributed by atoms with Gasteiger partial charge in [-0.05, 0) is 45.8 Å². The standard InChI is InChI=1S/C16H16BrNO3S2/c1-21-15-8-7-12(11-14(15)17)16-18(9-10-22-16)23(19,20)13-5-3-2-4-6-13/h2-8,11,16H,9-10H2,1H3/t16-/m0/s1. The van der Waals surface area contributed by atoms with Crippen LogP contribution in [-0.4, -0.2) is 32.1 Å². The number of ether oxygens (including phenoxy) is 1. The number of methoxy groups -OCH3 is 1. The van der Waals surface area contributed by atoms with E-state index in [0.29, 0.717) is 11.4 Å². The Morgan fingerprint density at radius 3 is 2.61 bits per heavy atom. The molecule has 1 aliphatic rings. The first-order valence-corrected chi connectivity index (χ1v) is 10.3. The van der Waals surface area contributed by atoms with Gasteiger partial charge in [0.25, 0.3) is 0 Å². The Kier molecular flexibility index (Phi) is 5.01. The maximum Gasteiger partial charge on any atom is 0.244 e. The molecule has 0 saturated carbocycles. The molecular formula is C16H16BrNO3S2. The lowest BCUT2D eigenvalue weighted by Crippen LogP contribution is -2.30. The SMILES string of the molecule is COc1ccc([C@@H]2SCCN2S(=O)(=O)c2ccccc2)cc1Br. The minimum absolute atomic E-state index is 0.220. The van der Waals surface area contributed by atoms with Gasteiger partial charge in [0, 0.05) is 12.3 Å². The lowest BCUT2D eigenvalue weighted by Gasteiger charge is -2.24. The topological polar surface area (TPSA) is 46.6 Å². The van der Waals surface area contributed by atoms with Crippen LogP contribution in [0.2, 0.25) is 0 Å². The number of benzene rings is 2.